The number of β-amino-alcohol motifs (C(OH)–C–C–N with tert-alkyl or cyclic N) is 1. The van der Waals surface area contributed by atoms with E-state index in [1.165, 1.54) is 5.56 Å². The lowest BCUT2D eigenvalue weighted by Gasteiger charge is -2.41. The SMILES string of the molecule is CC1CCC(O)(CN2CCOC(c3ccsc3)C2)CC1. The van der Waals surface area contributed by atoms with Gasteiger partial charge in [-0.2, -0.15) is 11.3 Å². The molecule has 1 N–H and O–H groups in total. The van der Waals surface area contributed by atoms with E-state index in [2.05, 4.69) is 28.7 Å². The Bertz CT molecular complexity index is 412. The minimum absolute atomic E-state index is 0.182. The van der Waals surface area contributed by atoms with Crippen molar-refractivity contribution in [2.75, 3.05) is 26.2 Å². The summed E-state index contributed by atoms with van der Waals surface area (Å²) in [6.07, 6.45) is 4.41. The molecule has 112 valence electrons. The summed E-state index contributed by atoms with van der Waals surface area (Å²) in [7, 11) is 0. The minimum atomic E-state index is -0.469. The Kier molecular flexibility index (Phi) is 4.46. The van der Waals surface area contributed by atoms with Gasteiger partial charge >= 0.3 is 0 Å². The zero-order valence-electron chi connectivity index (χ0n) is 12.3. The standard InChI is InChI=1S/C16H25NO2S/c1-13-2-5-16(18,6-3-13)12-17-7-8-19-15(10-17)14-4-9-20-11-14/h4,9,11,13,15,18H,2-3,5-8,10,12H2,1H3. The Balaban J connectivity index is 1.57. The molecule has 0 bridgehead atoms. The zero-order chi connectivity index (χ0) is 14.0. The van der Waals surface area contributed by atoms with Crippen LogP contribution in [0.25, 0.3) is 0 Å². The summed E-state index contributed by atoms with van der Waals surface area (Å²) in [5.41, 5.74) is 0.812. The van der Waals surface area contributed by atoms with Crippen molar-refractivity contribution < 1.29 is 9.84 Å². The van der Waals surface area contributed by atoms with Gasteiger partial charge in [0, 0.05) is 19.6 Å². The van der Waals surface area contributed by atoms with Crippen LogP contribution in [0.5, 0.6) is 0 Å². The van der Waals surface area contributed by atoms with Crippen LogP contribution in [-0.2, 0) is 4.74 Å². The molecule has 2 fully saturated rings. The van der Waals surface area contributed by atoms with E-state index in [0.717, 1.165) is 57.8 Å². The lowest BCUT2D eigenvalue weighted by molar-refractivity contribution is -0.0801. The number of hydrogen-bond acceptors (Lipinski definition) is 4. The largest absolute Gasteiger partial charge is 0.389 e. The predicted molar refractivity (Wildman–Crippen MR) is 82.0 cm³/mol. The van der Waals surface area contributed by atoms with Crippen molar-refractivity contribution in [1.82, 2.24) is 4.90 Å². The van der Waals surface area contributed by atoms with Crippen LogP contribution >= 0.6 is 11.3 Å². The minimum Gasteiger partial charge on any atom is -0.389 e. The third kappa shape index (κ3) is 3.42. The number of thiophene rings is 1. The van der Waals surface area contributed by atoms with Gasteiger partial charge in [0.05, 0.1) is 18.3 Å². The number of nitrogens with zero attached hydrogens (tertiary/aromatic N) is 1. The highest BCUT2D eigenvalue weighted by molar-refractivity contribution is 7.07. The van der Waals surface area contributed by atoms with Crippen molar-refractivity contribution in [3.63, 3.8) is 0 Å². The fourth-order valence-electron chi connectivity index (χ4n) is 3.38. The third-order valence-electron chi connectivity index (χ3n) is 4.79. The van der Waals surface area contributed by atoms with E-state index in [1.807, 2.05) is 0 Å². The van der Waals surface area contributed by atoms with Crippen molar-refractivity contribution in [3.05, 3.63) is 22.4 Å². The third-order valence-corrected chi connectivity index (χ3v) is 5.49. The smallest absolute Gasteiger partial charge is 0.0960 e. The van der Waals surface area contributed by atoms with Crippen LogP contribution in [0.1, 0.15) is 44.3 Å². The van der Waals surface area contributed by atoms with E-state index >= 15 is 0 Å². The summed E-state index contributed by atoms with van der Waals surface area (Å²) in [6.45, 7) is 5.73. The maximum Gasteiger partial charge on any atom is 0.0960 e. The molecule has 3 nitrogen and oxygen atoms in total. The molecule has 0 radical (unpaired) electrons. The maximum atomic E-state index is 10.8. The second kappa shape index (κ2) is 6.14. The van der Waals surface area contributed by atoms with E-state index in [-0.39, 0.29) is 6.10 Å². The molecule has 20 heavy (non-hydrogen) atoms. The van der Waals surface area contributed by atoms with Crippen molar-refractivity contribution in [2.45, 2.75) is 44.3 Å². The highest BCUT2D eigenvalue weighted by atomic mass is 32.1. The first-order valence-electron chi connectivity index (χ1n) is 7.73. The van der Waals surface area contributed by atoms with E-state index in [1.54, 1.807) is 11.3 Å². The van der Waals surface area contributed by atoms with Crippen LogP contribution in [0.15, 0.2) is 16.8 Å². The average molecular weight is 295 g/mol. The van der Waals surface area contributed by atoms with Crippen LogP contribution in [-0.4, -0.2) is 41.8 Å². The second-order valence-corrected chi connectivity index (χ2v) is 7.34. The fraction of sp³-hybridized carbons (Fsp3) is 0.750. The van der Waals surface area contributed by atoms with Crippen molar-refractivity contribution in [1.29, 1.82) is 0 Å². The van der Waals surface area contributed by atoms with Gasteiger partial charge in [0.2, 0.25) is 0 Å². The Morgan fingerprint density at radius 3 is 2.95 bits per heavy atom. The summed E-state index contributed by atoms with van der Waals surface area (Å²) in [6, 6.07) is 2.15. The van der Waals surface area contributed by atoms with Crippen molar-refractivity contribution in [3.8, 4) is 0 Å². The first-order valence-corrected chi connectivity index (χ1v) is 8.67. The molecule has 3 rings (SSSR count). The number of hydrogen-bond donors (Lipinski definition) is 1. The molecule has 1 aromatic rings. The molecule has 2 aliphatic rings. The first kappa shape index (κ1) is 14.5. The van der Waals surface area contributed by atoms with Gasteiger partial charge in [-0.1, -0.05) is 6.92 Å². The predicted octanol–water partition coefficient (Wildman–Crippen LogP) is 3.06. The normalized spacial score (nSPS) is 36.1. The van der Waals surface area contributed by atoms with Crippen LogP contribution in [0, 0.1) is 5.92 Å². The van der Waals surface area contributed by atoms with E-state index in [4.69, 9.17) is 4.74 Å². The van der Waals surface area contributed by atoms with Crippen molar-refractivity contribution in [2.24, 2.45) is 5.92 Å². The molecule has 1 aliphatic carbocycles. The van der Waals surface area contributed by atoms with Gasteiger partial charge in [0.1, 0.15) is 0 Å². The molecule has 1 aliphatic heterocycles. The molecule has 1 aromatic heterocycles. The summed E-state index contributed by atoms with van der Waals surface area (Å²) in [5.74, 6) is 0.776. The Labute approximate surface area is 125 Å². The highest BCUT2D eigenvalue weighted by Gasteiger charge is 2.35. The van der Waals surface area contributed by atoms with Crippen LogP contribution < -0.4 is 0 Å². The first-order chi connectivity index (χ1) is 9.65. The van der Waals surface area contributed by atoms with E-state index < -0.39 is 5.60 Å². The highest BCUT2D eigenvalue weighted by Crippen LogP contribution is 2.33. The van der Waals surface area contributed by atoms with Crippen LogP contribution in [0.4, 0.5) is 0 Å². The van der Waals surface area contributed by atoms with Gasteiger partial charge in [-0.05, 0) is 54.0 Å². The summed E-state index contributed by atoms with van der Waals surface area (Å²) in [5, 5.41) is 15.1. The molecule has 0 aromatic carbocycles. The molecule has 0 amide bonds. The summed E-state index contributed by atoms with van der Waals surface area (Å²) in [4.78, 5) is 2.39. The molecule has 1 atom stereocenters. The average Bonchev–Trinajstić information content (AvgIpc) is 2.97. The molecule has 1 saturated carbocycles. The Hall–Kier alpha value is -0.420. The van der Waals surface area contributed by atoms with Gasteiger partial charge in [-0.3, -0.25) is 4.90 Å². The Morgan fingerprint density at radius 2 is 2.25 bits per heavy atom. The molecule has 0 spiro atoms. The van der Waals surface area contributed by atoms with Gasteiger partial charge in [0.15, 0.2) is 0 Å². The summed E-state index contributed by atoms with van der Waals surface area (Å²) < 4.78 is 5.88. The Morgan fingerprint density at radius 1 is 1.45 bits per heavy atom. The number of aliphatic hydroxyl groups is 1. The molecular formula is C16H25NO2S. The summed E-state index contributed by atoms with van der Waals surface area (Å²) >= 11 is 1.72. The maximum absolute atomic E-state index is 10.8. The molecule has 2 heterocycles. The van der Waals surface area contributed by atoms with Gasteiger partial charge < -0.3 is 9.84 Å². The van der Waals surface area contributed by atoms with Gasteiger partial charge in [-0.25, -0.2) is 0 Å². The fourth-order valence-corrected chi connectivity index (χ4v) is 4.08. The van der Waals surface area contributed by atoms with Crippen molar-refractivity contribution >= 4 is 11.3 Å². The number of rotatable bonds is 3. The number of ether oxygens (including phenoxy) is 1. The van der Waals surface area contributed by atoms with Crippen LogP contribution in [0.2, 0.25) is 0 Å². The van der Waals surface area contributed by atoms with E-state index in [9.17, 15) is 5.11 Å². The topological polar surface area (TPSA) is 32.7 Å². The molecular weight excluding hydrogens is 270 g/mol. The molecule has 1 saturated heterocycles. The van der Waals surface area contributed by atoms with Crippen LogP contribution in [0.3, 0.4) is 0 Å². The molecule has 4 heteroatoms. The van der Waals surface area contributed by atoms with Gasteiger partial charge in [0.25, 0.3) is 0 Å². The quantitative estimate of drug-likeness (QED) is 0.930. The van der Waals surface area contributed by atoms with E-state index in [0.29, 0.717) is 0 Å². The second-order valence-electron chi connectivity index (χ2n) is 6.56. The monoisotopic (exact) mass is 295 g/mol. The zero-order valence-corrected chi connectivity index (χ0v) is 13.1. The lowest BCUT2D eigenvalue weighted by Crippen LogP contribution is -2.49. The molecule has 1 unspecified atom stereocenters. The number of morpholine rings is 1. The van der Waals surface area contributed by atoms with Gasteiger partial charge in [-0.15, -0.1) is 0 Å². The lowest BCUT2D eigenvalue weighted by atomic mass is 9.79.